The van der Waals surface area contributed by atoms with E-state index in [1.807, 2.05) is 0 Å². The van der Waals surface area contributed by atoms with Crippen molar-refractivity contribution in [2.24, 2.45) is 0 Å². The van der Waals surface area contributed by atoms with Crippen molar-refractivity contribution >= 4 is 17.0 Å². The van der Waals surface area contributed by atoms with E-state index >= 15 is 0 Å². The first-order chi connectivity index (χ1) is 13.9. The van der Waals surface area contributed by atoms with E-state index in [-0.39, 0.29) is 0 Å². The first kappa shape index (κ1) is 17.6. The second-order valence-corrected chi connectivity index (χ2v) is 7.81. The fraction of sp³-hybridized carbons (Fsp3) is 0.476. The molecule has 0 saturated carbocycles. The monoisotopic (exact) mass is 377 g/mol. The van der Waals surface area contributed by atoms with Crippen LogP contribution in [0.2, 0.25) is 0 Å². The molecule has 0 atom stereocenters. The van der Waals surface area contributed by atoms with Crippen molar-refractivity contribution in [3.63, 3.8) is 0 Å². The first-order valence-electron chi connectivity index (χ1n) is 10.3. The van der Waals surface area contributed by atoms with Crippen molar-refractivity contribution in [2.75, 3.05) is 44.2 Å². The number of benzene rings is 1. The highest BCUT2D eigenvalue weighted by molar-refractivity contribution is 5.82. The van der Waals surface area contributed by atoms with E-state index < -0.39 is 0 Å². The zero-order valence-corrected chi connectivity index (χ0v) is 16.2. The number of aromatic nitrogens is 4. The van der Waals surface area contributed by atoms with Crippen LogP contribution >= 0.6 is 0 Å². The SMILES string of the molecule is c1ccc(CN2CCC(N3CCN(c4ncnc5nc[nH]c45)CC3)CC2)cc1. The molecule has 2 fully saturated rings. The summed E-state index contributed by atoms with van der Waals surface area (Å²) in [6, 6.07) is 11.5. The zero-order chi connectivity index (χ0) is 18.8. The van der Waals surface area contributed by atoms with Crippen LogP contribution in [0, 0.1) is 0 Å². The molecular weight excluding hydrogens is 350 g/mol. The number of anilines is 1. The molecule has 0 radical (unpaired) electrons. The van der Waals surface area contributed by atoms with Gasteiger partial charge in [0.2, 0.25) is 0 Å². The van der Waals surface area contributed by atoms with Crippen LogP contribution in [0.5, 0.6) is 0 Å². The predicted octanol–water partition coefficient (Wildman–Crippen LogP) is 2.14. The summed E-state index contributed by atoms with van der Waals surface area (Å²) < 4.78 is 0. The lowest BCUT2D eigenvalue weighted by atomic mass is 10.0. The topological polar surface area (TPSA) is 64.2 Å². The molecule has 2 aromatic heterocycles. The van der Waals surface area contributed by atoms with Gasteiger partial charge in [0.25, 0.3) is 0 Å². The van der Waals surface area contributed by atoms with Crippen molar-refractivity contribution in [1.82, 2.24) is 29.7 Å². The Morgan fingerprint density at radius 1 is 0.893 bits per heavy atom. The molecule has 146 valence electrons. The third kappa shape index (κ3) is 3.59. The Balaban J connectivity index is 1.14. The van der Waals surface area contributed by atoms with Gasteiger partial charge in [-0.25, -0.2) is 15.0 Å². The van der Waals surface area contributed by atoms with Gasteiger partial charge in [0.1, 0.15) is 11.8 Å². The minimum Gasteiger partial charge on any atom is -0.352 e. The minimum absolute atomic E-state index is 0.715. The number of rotatable bonds is 4. The standard InChI is InChI=1S/C21H27N7/c1-2-4-17(5-3-1)14-26-8-6-18(7-9-26)27-10-12-28(13-11-27)21-19-20(23-15-22-19)24-16-25-21/h1-5,15-16,18H,6-14H2,(H,22,23,24,25). The molecule has 0 aliphatic carbocycles. The quantitative estimate of drug-likeness (QED) is 0.752. The van der Waals surface area contributed by atoms with Crippen LogP contribution in [0.15, 0.2) is 43.0 Å². The van der Waals surface area contributed by atoms with Gasteiger partial charge in [-0.05, 0) is 31.5 Å². The number of aromatic amines is 1. The average molecular weight is 377 g/mol. The van der Waals surface area contributed by atoms with Crippen LogP contribution in [-0.2, 0) is 6.54 Å². The molecule has 0 unspecified atom stereocenters. The summed E-state index contributed by atoms with van der Waals surface area (Å²) in [5.41, 5.74) is 3.12. The number of hydrogen-bond acceptors (Lipinski definition) is 6. The van der Waals surface area contributed by atoms with Crippen molar-refractivity contribution in [3.8, 4) is 0 Å². The van der Waals surface area contributed by atoms with E-state index in [1.165, 1.54) is 31.5 Å². The van der Waals surface area contributed by atoms with Crippen molar-refractivity contribution in [2.45, 2.75) is 25.4 Å². The van der Waals surface area contributed by atoms with Crippen LogP contribution in [0.3, 0.4) is 0 Å². The number of piperidine rings is 1. The molecule has 2 aliphatic heterocycles. The summed E-state index contributed by atoms with van der Waals surface area (Å²) in [5, 5.41) is 0. The van der Waals surface area contributed by atoms with E-state index in [4.69, 9.17) is 0 Å². The Hall–Kier alpha value is -2.51. The number of H-pyrrole nitrogens is 1. The summed E-state index contributed by atoms with van der Waals surface area (Å²) >= 11 is 0. The number of fused-ring (bicyclic) bond motifs is 1. The number of imidazole rings is 1. The van der Waals surface area contributed by atoms with Crippen LogP contribution < -0.4 is 4.90 Å². The predicted molar refractivity (Wildman–Crippen MR) is 110 cm³/mol. The van der Waals surface area contributed by atoms with Crippen molar-refractivity contribution in [1.29, 1.82) is 0 Å². The van der Waals surface area contributed by atoms with Gasteiger partial charge >= 0.3 is 0 Å². The summed E-state index contributed by atoms with van der Waals surface area (Å²) in [7, 11) is 0. The van der Waals surface area contributed by atoms with Gasteiger partial charge in [-0.2, -0.15) is 0 Å². The summed E-state index contributed by atoms with van der Waals surface area (Å²) in [6.45, 7) is 7.69. The molecule has 3 aromatic rings. The lowest BCUT2D eigenvalue weighted by Crippen LogP contribution is -2.53. The second-order valence-electron chi connectivity index (χ2n) is 7.81. The molecule has 0 amide bonds. The highest BCUT2D eigenvalue weighted by Crippen LogP contribution is 2.24. The minimum atomic E-state index is 0.715. The smallest absolute Gasteiger partial charge is 0.182 e. The lowest BCUT2D eigenvalue weighted by molar-refractivity contribution is 0.0997. The lowest BCUT2D eigenvalue weighted by Gasteiger charge is -2.43. The summed E-state index contributed by atoms with van der Waals surface area (Å²) in [5.74, 6) is 0.986. The van der Waals surface area contributed by atoms with Crippen LogP contribution in [-0.4, -0.2) is 75.0 Å². The Morgan fingerprint density at radius 3 is 2.46 bits per heavy atom. The first-order valence-corrected chi connectivity index (χ1v) is 10.3. The Morgan fingerprint density at radius 2 is 1.68 bits per heavy atom. The molecule has 7 nitrogen and oxygen atoms in total. The van der Waals surface area contributed by atoms with Gasteiger partial charge in [-0.15, -0.1) is 0 Å². The van der Waals surface area contributed by atoms with Crippen LogP contribution in [0.4, 0.5) is 5.82 Å². The fourth-order valence-corrected chi connectivity index (χ4v) is 4.58. The second kappa shape index (κ2) is 7.85. The molecule has 5 rings (SSSR count). The Kier molecular flexibility index (Phi) is 4.93. The molecule has 28 heavy (non-hydrogen) atoms. The number of nitrogens with one attached hydrogen (secondary N) is 1. The van der Waals surface area contributed by atoms with E-state index in [2.05, 4.69) is 65.0 Å². The third-order valence-corrected chi connectivity index (χ3v) is 6.14. The number of piperazine rings is 1. The van der Waals surface area contributed by atoms with Gasteiger partial charge in [0.05, 0.1) is 6.33 Å². The maximum absolute atomic E-state index is 4.51. The fourth-order valence-electron chi connectivity index (χ4n) is 4.58. The van der Waals surface area contributed by atoms with Gasteiger partial charge < -0.3 is 9.88 Å². The Bertz CT molecular complexity index is 893. The van der Waals surface area contributed by atoms with Gasteiger partial charge in [0, 0.05) is 38.8 Å². The molecule has 0 bridgehead atoms. The van der Waals surface area contributed by atoms with Crippen LogP contribution in [0.25, 0.3) is 11.2 Å². The highest BCUT2D eigenvalue weighted by Gasteiger charge is 2.28. The zero-order valence-electron chi connectivity index (χ0n) is 16.2. The van der Waals surface area contributed by atoms with Gasteiger partial charge in [-0.3, -0.25) is 9.80 Å². The van der Waals surface area contributed by atoms with E-state index in [0.29, 0.717) is 6.04 Å². The van der Waals surface area contributed by atoms with Gasteiger partial charge in [-0.1, -0.05) is 30.3 Å². The van der Waals surface area contributed by atoms with Crippen molar-refractivity contribution in [3.05, 3.63) is 48.5 Å². The molecule has 2 aliphatic rings. The van der Waals surface area contributed by atoms with E-state index in [1.54, 1.807) is 12.7 Å². The third-order valence-electron chi connectivity index (χ3n) is 6.14. The largest absolute Gasteiger partial charge is 0.352 e. The van der Waals surface area contributed by atoms with E-state index in [0.717, 1.165) is 49.7 Å². The molecule has 2 saturated heterocycles. The number of likely N-dealkylation sites (tertiary alicyclic amines) is 1. The molecule has 1 N–H and O–H groups in total. The number of hydrogen-bond donors (Lipinski definition) is 1. The van der Waals surface area contributed by atoms with Crippen molar-refractivity contribution < 1.29 is 0 Å². The molecular formula is C21H27N7. The molecule has 7 heteroatoms. The summed E-state index contributed by atoms with van der Waals surface area (Å²) in [6.07, 6.45) is 5.85. The molecule has 4 heterocycles. The molecule has 1 aromatic carbocycles. The molecule has 0 spiro atoms. The average Bonchev–Trinajstić information content (AvgIpc) is 3.24. The normalized spacial score (nSPS) is 20.1. The van der Waals surface area contributed by atoms with E-state index in [9.17, 15) is 0 Å². The highest BCUT2D eigenvalue weighted by atomic mass is 15.3. The van der Waals surface area contributed by atoms with Gasteiger partial charge in [0.15, 0.2) is 11.5 Å². The summed E-state index contributed by atoms with van der Waals surface area (Å²) in [4.78, 5) is 23.8. The maximum atomic E-state index is 4.51. The number of nitrogens with zero attached hydrogens (tertiary/aromatic N) is 6. The van der Waals surface area contributed by atoms with Crippen LogP contribution in [0.1, 0.15) is 18.4 Å². The maximum Gasteiger partial charge on any atom is 0.182 e. The Labute approximate surface area is 165 Å².